The Labute approximate surface area is 221 Å². The van der Waals surface area contributed by atoms with E-state index in [1.54, 1.807) is 20.5 Å². The largest absolute Gasteiger partial charge is 0.493 e. The van der Waals surface area contributed by atoms with Gasteiger partial charge in [0.2, 0.25) is 0 Å². The monoisotopic (exact) mass is 512 g/mol. The van der Waals surface area contributed by atoms with Crippen molar-refractivity contribution >= 4 is 39.8 Å². The molecule has 0 atom stereocenters. The number of nitrogens with one attached hydrogen (secondary N) is 1. The molecule has 37 heavy (non-hydrogen) atoms. The molecule has 1 saturated heterocycles. The lowest BCUT2D eigenvalue weighted by atomic mass is 10.0. The summed E-state index contributed by atoms with van der Waals surface area (Å²) >= 11 is 5.72. The predicted octanol–water partition coefficient (Wildman–Crippen LogP) is 4.10. The number of benzene rings is 3. The lowest BCUT2D eigenvalue weighted by Crippen LogP contribution is -2.51. The average molecular weight is 513 g/mol. The van der Waals surface area contributed by atoms with Crippen molar-refractivity contribution in [2.75, 3.05) is 45.3 Å². The summed E-state index contributed by atoms with van der Waals surface area (Å²) in [6, 6.07) is 24.0. The third-order valence-corrected chi connectivity index (χ3v) is 6.69. The lowest BCUT2D eigenvalue weighted by molar-refractivity contribution is 0.355. The number of nitrogens with zero attached hydrogens (tertiary/aromatic N) is 5. The predicted molar refractivity (Wildman–Crippen MR) is 151 cm³/mol. The molecule has 2 heterocycles. The molecular weight excluding hydrogens is 484 g/mol. The number of aromatic nitrogens is 2. The van der Waals surface area contributed by atoms with Gasteiger partial charge < -0.3 is 19.3 Å². The van der Waals surface area contributed by atoms with E-state index in [-0.39, 0.29) is 0 Å². The van der Waals surface area contributed by atoms with Crippen LogP contribution < -0.4 is 19.8 Å². The highest BCUT2D eigenvalue weighted by Crippen LogP contribution is 2.34. The molecule has 0 aliphatic carbocycles. The summed E-state index contributed by atoms with van der Waals surface area (Å²) in [7, 11) is 3.25. The van der Waals surface area contributed by atoms with Crippen molar-refractivity contribution in [3.63, 3.8) is 0 Å². The number of methoxy groups -OCH3 is 2. The number of rotatable bonds is 6. The van der Waals surface area contributed by atoms with Crippen molar-refractivity contribution < 1.29 is 9.47 Å². The number of ether oxygens (including phenoxy) is 2. The summed E-state index contributed by atoms with van der Waals surface area (Å²) in [6.45, 7) is 3.00. The van der Waals surface area contributed by atoms with Crippen LogP contribution in [0.5, 0.6) is 11.5 Å². The molecule has 0 radical (unpaired) electrons. The maximum absolute atomic E-state index is 5.72. The fourth-order valence-corrected chi connectivity index (χ4v) is 4.63. The van der Waals surface area contributed by atoms with Gasteiger partial charge in [0.25, 0.3) is 0 Å². The third-order valence-electron chi connectivity index (χ3n) is 6.34. The molecule has 1 aliphatic heterocycles. The first-order chi connectivity index (χ1) is 18.2. The second kappa shape index (κ2) is 11.2. The fraction of sp³-hybridized carbons (Fsp3) is 0.214. The number of hydrazone groups is 1. The Morgan fingerprint density at radius 1 is 0.838 bits per heavy atom. The average Bonchev–Trinajstić information content (AvgIpc) is 2.97. The molecule has 0 spiro atoms. The highest BCUT2D eigenvalue weighted by Gasteiger charge is 2.22. The Morgan fingerprint density at radius 2 is 1.43 bits per heavy atom. The summed E-state index contributed by atoms with van der Waals surface area (Å²) in [4.78, 5) is 13.4. The molecule has 188 valence electrons. The van der Waals surface area contributed by atoms with Crippen LogP contribution in [0.1, 0.15) is 11.1 Å². The normalized spacial score (nSPS) is 13.2. The number of hydrogen-bond acceptors (Lipinski definition) is 7. The van der Waals surface area contributed by atoms with Crippen molar-refractivity contribution in [1.82, 2.24) is 20.3 Å². The van der Waals surface area contributed by atoms with Crippen LogP contribution in [-0.2, 0) is 0 Å². The van der Waals surface area contributed by atoms with Gasteiger partial charge in [-0.05, 0) is 18.3 Å². The second-order valence-corrected chi connectivity index (χ2v) is 8.89. The Hall–Kier alpha value is -4.24. The highest BCUT2D eigenvalue weighted by atomic mass is 32.1. The van der Waals surface area contributed by atoms with Gasteiger partial charge in [-0.2, -0.15) is 5.10 Å². The molecule has 1 aromatic heterocycles. The van der Waals surface area contributed by atoms with Gasteiger partial charge in [-0.3, -0.25) is 5.43 Å². The van der Waals surface area contributed by atoms with E-state index in [9.17, 15) is 0 Å². The maximum Gasteiger partial charge on any atom is 0.189 e. The van der Waals surface area contributed by atoms with E-state index in [1.165, 1.54) is 0 Å². The topological polar surface area (TPSA) is 75.1 Å². The van der Waals surface area contributed by atoms with E-state index in [2.05, 4.69) is 25.2 Å². The van der Waals surface area contributed by atoms with Crippen molar-refractivity contribution in [2.45, 2.75) is 0 Å². The van der Waals surface area contributed by atoms with Gasteiger partial charge in [0, 0.05) is 48.8 Å². The standard InChI is InChI=1S/C28H28N6O2S/c1-35-24-17-22-23(18-25(24)36-2)29-19-30-27(22)33-13-15-34(16-14-33)28(37)32-31-26(20-9-5-3-6-10-20)21-11-7-4-8-12-21/h3-12,17-19H,13-16H2,1-2H3,(H,32,37). The number of hydrogen-bond donors (Lipinski definition) is 1. The highest BCUT2D eigenvalue weighted by molar-refractivity contribution is 7.80. The van der Waals surface area contributed by atoms with Crippen LogP contribution >= 0.6 is 12.2 Å². The van der Waals surface area contributed by atoms with Crippen LogP contribution in [-0.4, -0.2) is 66.1 Å². The van der Waals surface area contributed by atoms with Crippen molar-refractivity contribution in [2.24, 2.45) is 5.10 Å². The van der Waals surface area contributed by atoms with Gasteiger partial charge in [0.05, 0.1) is 25.4 Å². The molecule has 1 fully saturated rings. The fourth-order valence-electron chi connectivity index (χ4n) is 4.41. The van der Waals surface area contributed by atoms with Gasteiger partial charge >= 0.3 is 0 Å². The molecule has 0 unspecified atom stereocenters. The molecule has 0 saturated carbocycles. The minimum absolute atomic E-state index is 0.600. The van der Waals surface area contributed by atoms with E-state index in [0.717, 1.165) is 59.7 Å². The zero-order chi connectivity index (χ0) is 25.6. The molecule has 0 bridgehead atoms. The third kappa shape index (κ3) is 5.31. The van der Waals surface area contributed by atoms with Gasteiger partial charge in [0.15, 0.2) is 16.6 Å². The summed E-state index contributed by atoms with van der Waals surface area (Å²) in [5.41, 5.74) is 6.84. The first kappa shape index (κ1) is 24.5. The molecule has 1 aliphatic rings. The minimum Gasteiger partial charge on any atom is -0.493 e. The molecule has 4 aromatic rings. The van der Waals surface area contributed by atoms with Crippen molar-refractivity contribution in [3.05, 3.63) is 90.3 Å². The molecule has 5 rings (SSSR count). The van der Waals surface area contributed by atoms with Gasteiger partial charge in [-0.25, -0.2) is 9.97 Å². The SMILES string of the molecule is COc1cc2ncnc(N3CCN(C(=S)NN=C(c4ccccc4)c4ccccc4)CC3)c2cc1OC. The van der Waals surface area contributed by atoms with E-state index in [1.807, 2.05) is 72.8 Å². The van der Waals surface area contributed by atoms with Crippen molar-refractivity contribution in [1.29, 1.82) is 0 Å². The summed E-state index contributed by atoms with van der Waals surface area (Å²) in [5, 5.41) is 6.24. The smallest absolute Gasteiger partial charge is 0.189 e. The molecule has 8 nitrogen and oxygen atoms in total. The Kier molecular flexibility index (Phi) is 7.41. The van der Waals surface area contributed by atoms with E-state index in [0.29, 0.717) is 16.6 Å². The Balaban J connectivity index is 1.30. The van der Waals surface area contributed by atoms with Gasteiger partial charge in [-0.1, -0.05) is 60.7 Å². The summed E-state index contributed by atoms with van der Waals surface area (Å²) in [6.07, 6.45) is 1.59. The van der Waals surface area contributed by atoms with Crippen LogP contribution in [0.25, 0.3) is 10.9 Å². The van der Waals surface area contributed by atoms with Gasteiger partial charge in [-0.15, -0.1) is 0 Å². The molecule has 3 aromatic carbocycles. The van der Waals surface area contributed by atoms with Crippen LogP contribution in [0.2, 0.25) is 0 Å². The molecule has 1 N–H and O–H groups in total. The van der Waals surface area contributed by atoms with E-state index < -0.39 is 0 Å². The van der Waals surface area contributed by atoms with Crippen LogP contribution in [0.3, 0.4) is 0 Å². The first-order valence-corrected chi connectivity index (χ1v) is 12.4. The van der Waals surface area contributed by atoms with Crippen LogP contribution in [0, 0.1) is 0 Å². The maximum atomic E-state index is 5.72. The second-order valence-electron chi connectivity index (χ2n) is 8.51. The molecular formula is C28H28N6O2S. The first-order valence-electron chi connectivity index (χ1n) is 12.0. The molecule has 0 amide bonds. The van der Waals surface area contributed by atoms with Gasteiger partial charge in [0.1, 0.15) is 12.1 Å². The van der Waals surface area contributed by atoms with Crippen LogP contribution in [0.15, 0.2) is 84.2 Å². The lowest BCUT2D eigenvalue weighted by Gasteiger charge is -2.36. The Bertz CT molecular complexity index is 1370. The number of fused-ring (bicyclic) bond motifs is 1. The zero-order valence-electron chi connectivity index (χ0n) is 20.8. The quantitative estimate of drug-likeness (QED) is 0.235. The Morgan fingerprint density at radius 3 is 2.03 bits per heavy atom. The number of anilines is 1. The van der Waals surface area contributed by atoms with Crippen molar-refractivity contribution in [3.8, 4) is 11.5 Å². The summed E-state index contributed by atoms with van der Waals surface area (Å²) in [5.74, 6) is 2.17. The summed E-state index contributed by atoms with van der Waals surface area (Å²) < 4.78 is 10.9. The van der Waals surface area contributed by atoms with E-state index >= 15 is 0 Å². The zero-order valence-corrected chi connectivity index (χ0v) is 21.6. The van der Waals surface area contributed by atoms with E-state index in [4.69, 9.17) is 26.8 Å². The number of thiocarbonyl (C=S) groups is 1. The molecule has 9 heteroatoms. The minimum atomic E-state index is 0.600. The van der Waals surface area contributed by atoms with Crippen LogP contribution in [0.4, 0.5) is 5.82 Å². The number of piperazine rings is 1.